The number of hydrogen-bond acceptors (Lipinski definition) is 4. The van der Waals surface area contributed by atoms with Crippen LogP contribution in [0.4, 0.5) is 0 Å². The zero-order chi connectivity index (χ0) is 20.3. The van der Waals surface area contributed by atoms with Crippen molar-refractivity contribution in [3.8, 4) is 0 Å². The van der Waals surface area contributed by atoms with E-state index in [0.29, 0.717) is 5.56 Å². The van der Waals surface area contributed by atoms with Gasteiger partial charge in [0.05, 0.1) is 13.0 Å². The van der Waals surface area contributed by atoms with Gasteiger partial charge < -0.3 is 5.73 Å². The molecule has 1 aliphatic heterocycles. The van der Waals surface area contributed by atoms with E-state index in [1.54, 1.807) is 24.3 Å². The van der Waals surface area contributed by atoms with Crippen molar-refractivity contribution >= 4 is 51.0 Å². The molecule has 28 heavy (non-hydrogen) atoms. The van der Waals surface area contributed by atoms with E-state index < -0.39 is 17.9 Å². The minimum Gasteiger partial charge on any atom is -0.370 e. The quantitative estimate of drug-likeness (QED) is 0.642. The second-order valence-corrected chi connectivity index (χ2v) is 7.48. The number of nitrogens with two attached hydrogens (primary N) is 1. The normalized spacial score (nSPS) is 16.4. The number of rotatable bonds is 6. The van der Waals surface area contributed by atoms with Gasteiger partial charge in [0.15, 0.2) is 5.11 Å². The second kappa shape index (κ2) is 8.49. The van der Waals surface area contributed by atoms with Crippen LogP contribution in [0.2, 0.25) is 0 Å². The van der Waals surface area contributed by atoms with E-state index in [0.717, 1.165) is 10.0 Å². The number of carbonyl (C=O) groups is 3. The molecule has 9 heteroatoms. The Bertz CT molecular complexity index is 921. The predicted octanol–water partition coefficient (Wildman–Crippen LogP) is 1.97. The third-order valence-corrected chi connectivity index (χ3v) is 5.15. The Morgan fingerprint density at radius 3 is 2.36 bits per heavy atom. The van der Waals surface area contributed by atoms with Crippen LogP contribution in [-0.2, 0) is 16.1 Å². The maximum Gasteiger partial charge on any atom is 0.269 e. The Hall–Kier alpha value is -2.78. The van der Waals surface area contributed by atoms with E-state index in [1.165, 1.54) is 9.91 Å². The first-order valence-electron chi connectivity index (χ1n) is 8.40. The first-order valence-corrected chi connectivity index (χ1v) is 9.60. The van der Waals surface area contributed by atoms with Gasteiger partial charge in [-0.05, 0) is 42.0 Å². The molecule has 2 aromatic rings. The number of halogens is 1. The summed E-state index contributed by atoms with van der Waals surface area (Å²) in [6, 6.07) is 15.0. The molecule has 0 aliphatic carbocycles. The largest absolute Gasteiger partial charge is 0.370 e. The molecule has 3 amide bonds. The standard InChI is InChI=1S/C19H17BrN4O3S/c20-14-8-6-13(7-9-14)17(26)22-24-15(10-16(21)25)18(27)23(19(24)28)11-12-4-2-1-3-5-12/h1-9,15H,10-11H2,(H2,21,25)(H,22,26)/t15-/m1/s1. The Kier molecular flexibility index (Phi) is 6.05. The summed E-state index contributed by atoms with van der Waals surface area (Å²) in [6.45, 7) is 0.235. The molecule has 1 heterocycles. The SMILES string of the molecule is NC(=O)C[C@@H]1C(=O)N(Cc2ccccc2)C(=S)N1NC(=O)c1ccc(Br)cc1. The first kappa shape index (κ1) is 20.0. The van der Waals surface area contributed by atoms with E-state index in [4.69, 9.17) is 18.0 Å². The number of hydrogen-bond donors (Lipinski definition) is 2. The third kappa shape index (κ3) is 4.37. The van der Waals surface area contributed by atoms with Crippen LogP contribution in [0, 0.1) is 0 Å². The fourth-order valence-electron chi connectivity index (χ4n) is 2.83. The van der Waals surface area contributed by atoms with Crippen LogP contribution in [0.25, 0.3) is 0 Å². The molecule has 144 valence electrons. The van der Waals surface area contributed by atoms with Crippen molar-refractivity contribution in [3.05, 3.63) is 70.2 Å². The number of hydrazine groups is 1. The molecular weight excluding hydrogens is 444 g/mol. The molecule has 2 aromatic carbocycles. The van der Waals surface area contributed by atoms with E-state index in [1.807, 2.05) is 30.3 Å². The lowest BCUT2D eigenvalue weighted by atomic mass is 10.1. The molecule has 1 atom stereocenters. The predicted molar refractivity (Wildman–Crippen MR) is 111 cm³/mol. The number of amides is 3. The number of nitrogens with one attached hydrogen (secondary N) is 1. The summed E-state index contributed by atoms with van der Waals surface area (Å²) >= 11 is 8.72. The molecule has 1 saturated heterocycles. The zero-order valence-electron chi connectivity index (χ0n) is 14.7. The van der Waals surface area contributed by atoms with E-state index >= 15 is 0 Å². The van der Waals surface area contributed by atoms with Crippen molar-refractivity contribution in [2.24, 2.45) is 5.73 Å². The van der Waals surface area contributed by atoms with E-state index in [9.17, 15) is 14.4 Å². The van der Waals surface area contributed by atoms with Crippen LogP contribution in [0.15, 0.2) is 59.1 Å². The number of benzene rings is 2. The lowest BCUT2D eigenvalue weighted by Crippen LogP contribution is -2.49. The molecule has 3 N–H and O–H groups in total. The van der Waals surface area contributed by atoms with Crippen molar-refractivity contribution < 1.29 is 14.4 Å². The Morgan fingerprint density at radius 2 is 1.75 bits per heavy atom. The van der Waals surface area contributed by atoms with Gasteiger partial charge in [0, 0.05) is 10.0 Å². The van der Waals surface area contributed by atoms with Gasteiger partial charge in [-0.3, -0.25) is 24.7 Å². The van der Waals surface area contributed by atoms with Crippen LogP contribution in [0.3, 0.4) is 0 Å². The molecule has 0 spiro atoms. The highest BCUT2D eigenvalue weighted by atomic mass is 79.9. The molecule has 0 bridgehead atoms. The van der Waals surface area contributed by atoms with Gasteiger partial charge in [0.2, 0.25) is 5.91 Å². The van der Waals surface area contributed by atoms with Gasteiger partial charge >= 0.3 is 0 Å². The molecule has 0 unspecified atom stereocenters. The highest BCUT2D eigenvalue weighted by Crippen LogP contribution is 2.22. The van der Waals surface area contributed by atoms with Gasteiger partial charge in [0.25, 0.3) is 11.8 Å². The maximum absolute atomic E-state index is 12.9. The Labute approximate surface area is 175 Å². The summed E-state index contributed by atoms with van der Waals surface area (Å²) in [7, 11) is 0. The van der Waals surface area contributed by atoms with E-state index in [-0.39, 0.29) is 24.0 Å². The average molecular weight is 461 g/mol. The zero-order valence-corrected chi connectivity index (χ0v) is 17.1. The van der Waals surface area contributed by atoms with Crippen LogP contribution < -0.4 is 11.2 Å². The summed E-state index contributed by atoms with van der Waals surface area (Å²) in [6.07, 6.45) is -0.259. The minimum absolute atomic E-state index is 0.116. The van der Waals surface area contributed by atoms with Crippen LogP contribution in [0.1, 0.15) is 22.3 Å². The summed E-state index contributed by atoms with van der Waals surface area (Å²) in [4.78, 5) is 38.3. The van der Waals surface area contributed by atoms with Gasteiger partial charge in [-0.2, -0.15) is 0 Å². The maximum atomic E-state index is 12.9. The van der Waals surface area contributed by atoms with Gasteiger partial charge in [-0.1, -0.05) is 46.3 Å². The van der Waals surface area contributed by atoms with E-state index in [2.05, 4.69) is 21.4 Å². The summed E-state index contributed by atoms with van der Waals surface area (Å²) in [5.41, 5.74) is 9.19. The fourth-order valence-corrected chi connectivity index (χ4v) is 3.42. The Morgan fingerprint density at radius 1 is 1.11 bits per heavy atom. The molecule has 0 radical (unpaired) electrons. The highest BCUT2D eigenvalue weighted by Gasteiger charge is 2.44. The third-order valence-electron chi connectivity index (χ3n) is 4.21. The van der Waals surface area contributed by atoms with Gasteiger partial charge in [-0.25, -0.2) is 5.01 Å². The number of thiocarbonyl (C=S) groups is 1. The van der Waals surface area contributed by atoms with Crippen LogP contribution >= 0.6 is 28.1 Å². The molecule has 7 nitrogen and oxygen atoms in total. The van der Waals surface area contributed by atoms with Gasteiger partial charge in [-0.15, -0.1) is 0 Å². The van der Waals surface area contributed by atoms with Crippen LogP contribution in [0.5, 0.6) is 0 Å². The number of primary amides is 1. The molecule has 0 aromatic heterocycles. The number of nitrogens with zero attached hydrogens (tertiary/aromatic N) is 2. The smallest absolute Gasteiger partial charge is 0.269 e. The topological polar surface area (TPSA) is 95.7 Å². The lowest BCUT2D eigenvalue weighted by molar-refractivity contribution is -0.131. The monoisotopic (exact) mass is 460 g/mol. The minimum atomic E-state index is -0.979. The fraction of sp³-hybridized carbons (Fsp3) is 0.158. The number of carbonyl (C=O) groups excluding carboxylic acids is 3. The van der Waals surface area contributed by atoms with Crippen molar-refractivity contribution in [2.75, 3.05) is 0 Å². The van der Waals surface area contributed by atoms with Crippen LogP contribution in [-0.4, -0.2) is 38.8 Å². The average Bonchev–Trinajstić information content (AvgIpc) is 2.87. The lowest BCUT2D eigenvalue weighted by Gasteiger charge is -2.24. The summed E-state index contributed by atoms with van der Waals surface area (Å²) in [5.74, 6) is -1.49. The van der Waals surface area contributed by atoms with Gasteiger partial charge in [0.1, 0.15) is 6.04 Å². The Balaban J connectivity index is 1.83. The molecule has 1 aliphatic rings. The second-order valence-electron chi connectivity index (χ2n) is 6.20. The molecular formula is C19H17BrN4O3S. The highest BCUT2D eigenvalue weighted by molar-refractivity contribution is 9.10. The van der Waals surface area contributed by atoms with Crippen molar-refractivity contribution in [1.29, 1.82) is 0 Å². The molecule has 1 fully saturated rings. The molecule has 3 rings (SSSR count). The summed E-state index contributed by atoms with van der Waals surface area (Å²) < 4.78 is 0.830. The molecule has 0 saturated carbocycles. The van der Waals surface area contributed by atoms with Crippen molar-refractivity contribution in [3.63, 3.8) is 0 Å². The van der Waals surface area contributed by atoms with Crippen molar-refractivity contribution in [2.45, 2.75) is 19.0 Å². The first-order chi connectivity index (χ1) is 13.4. The summed E-state index contributed by atoms with van der Waals surface area (Å²) in [5, 5.41) is 1.36. The van der Waals surface area contributed by atoms with Crippen molar-refractivity contribution in [1.82, 2.24) is 15.3 Å².